The van der Waals surface area contributed by atoms with Crippen LogP contribution in [0.5, 0.6) is 0 Å². The second-order valence-corrected chi connectivity index (χ2v) is 5.72. The third-order valence-corrected chi connectivity index (χ3v) is 4.18. The first kappa shape index (κ1) is 17.9. The highest BCUT2D eigenvalue weighted by Crippen LogP contribution is 2.15. The van der Waals surface area contributed by atoms with Crippen molar-refractivity contribution in [3.05, 3.63) is 17.5 Å². The van der Waals surface area contributed by atoms with Crippen molar-refractivity contribution in [2.24, 2.45) is 7.05 Å². The average molecular weight is 311 g/mol. The van der Waals surface area contributed by atoms with Crippen LogP contribution in [0.2, 0.25) is 0 Å². The maximum atomic E-state index is 5.35. The first-order valence-electron chi connectivity index (χ1n) is 7.74. The van der Waals surface area contributed by atoms with Crippen LogP contribution in [-0.4, -0.2) is 46.0 Å². The van der Waals surface area contributed by atoms with Gasteiger partial charge < -0.3 is 15.5 Å². The number of thiocarbonyl (C=S) groups is 1. The monoisotopic (exact) mass is 311 g/mol. The summed E-state index contributed by atoms with van der Waals surface area (Å²) in [7, 11) is 1.95. The Morgan fingerprint density at radius 2 is 2.10 bits per heavy atom. The molecule has 0 fully saturated rings. The molecular formula is C15H29N5S. The molecule has 120 valence electrons. The van der Waals surface area contributed by atoms with Gasteiger partial charge in [0, 0.05) is 24.8 Å². The molecule has 1 aromatic rings. The number of nitrogens with one attached hydrogen (secondary N) is 2. The van der Waals surface area contributed by atoms with Crippen LogP contribution >= 0.6 is 12.2 Å². The molecule has 0 aromatic carbocycles. The zero-order chi connectivity index (χ0) is 15.8. The van der Waals surface area contributed by atoms with Gasteiger partial charge in [0.15, 0.2) is 5.11 Å². The van der Waals surface area contributed by atoms with E-state index >= 15 is 0 Å². The predicted molar refractivity (Wildman–Crippen MR) is 92.5 cm³/mol. The van der Waals surface area contributed by atoms with E-state index in [2.05, 4.69) is 48.3 Å². The van der Waals surface area contributed by atoms with Gasteiger partial charge >= 0.3 is 0 Å². The first-order chi connectivity index (χ1) is 9.99. The average Bonchev–Trinajstić information content (AvgIpc) is 2.79. The van der Waals surface area contributed by atoms with Crippen LogP contribution < -0.4 is 10.6 Å². The molecular weight excluding hydrogens is 282 g/mol. The van der Waals surface area contributed by atoms with Gasteiger partial charge in [-0.05, 0) is 52.1 Å². The highest BCUT2D eigenvalue weighted by molar-refractivity contribution is 7.80. The molecule has 0 spiro atoms. The Kier molecular flexibility index (Phi) is 7.67. The molecule has 0 amide bonds. The topological polar surface area (TPSA) is 45.1 Å². The number of hydrogen-bond donors (Lipinski definition) is 2. The molecule has 21 heavy (non-hydrogen) atoms. The van der Waals surface area contributed by atoms with E-state index in [1.807, 2.05) is 17.9 Å². The van der Waals surface area contributed by atoms with E-state index in [1.165, 1.54) is 11.3 Å². The van der Waals surface area contributed by atoms with Crippen LogP contribution in [0.15, 0.2) is 6.20 Å². The Bertz CT molecular complexity index is 439. The van der Waals surface area contributed by atoms with E-state index in [0.29, 0.717) is 5.11 Å². The van der Waals surface area contributed by atoms with E-state index in [9.17, 15) is 0 Å². The van der Waals surface area contributed by atoms with Gasteiger partial charge in [-0.25, -0.2) is 0 Å². The Hall–Kier alpha value is -1.14. The molecule has 1 rings (SSSR count). The molecule has 1 unspecified atom stereocenters. The van der Waals surface area contributed by atoms with E-state index in [4.69, 9.17) is 12.2 Å². The van der Waals surface area contributed by atoms with Gasteiger partial charge in [0.05, 0.1) is 12.2 Å². The lowest BCUT2D eigenvalue weighted by Crippen LogP contribution is -2.38. The highest BCUT2D eigenvalue weighted by atomic mass is 32.1. The molecule has 2 N–H and O–H groups in total. The first-order valence-corrected chi connectivity index (χ1v) is 8.15. The third kappa shape index (κ3) is 5.63. The molecule has 0 bridgehead atoms. The summed E-state index contributed by atoms with van der Waals surface area (Å²) in [5.41, 5.74) is 2.35. The summed E-state index contributed by atoms with van der Waals surface area (Å²) in [5, 5.41) is 11.6. The summed E-state index contributed by atoms with van der Waals surface area (Å²) in [5.74, 6) is 0. The number of aromatic nitrogens is 2. The Morgan fingerprint density at radius 3 is 2.62 bits per heavy atom. The van der Waals surface area contributed by atoms with E-state index in [-0.39, 0.29) is 6.04 Å². The van der Waals surface area contributed by atoms with Crippen molar-refractivity contribution in [2.45, 2.75) is 40.2 Å². The smallest absolute Gasteiger partial charge is 0.166 e. The van der Waals surface area contributed by atoms with Gasteiger partial charge in [-0.15, -0.1) is 0 Å². The van der Waals surface area contributed by atoms with Crippen molar-refractivity contribution < 1.29 is 0 Å². The van der Waals surface area contributed by atoms with Crippen molar-refractivity contribution in [3.63, 3.8) is 0 Å². The second kappa shape index (κ2) is 9.00. The Balaban J connectivity index is 2.29. The van der Waals surface area contributed by atoms with E-state index < -0.39 is 0 Å². The minimum atomic E-state index is 0.168. The molecule has 0 aliphatic carbocycles. The molecule has 1 aromatic heterocycles. The summed E-state index contributed by atoms with van der Waals surface area (Å²) < 4.78 is 1.88. The van der Waals surface area contributed by atoms with Gasteiger partial charge in [0.25, 0.3) is 0 Å². The van der Waals surface area contributed by atoms with Gasteiger partial charge in [-0.1, -0.05) is 13.8 Å². The third-order valence-electron chi connectivity index (χ3n) is 3.92. The summed E-state index contributed by atoms with van der Waals surface area (Å²) in [6.07, 6.45) is 3.00. The van der Waals surface area contributed by atoms with E-state index in [0.717, 1.165) is 32.6 Å². The number of rotatable bonds is 8. The van der Waals surface area contributed by atoms with Gasteiger partial charge in [-0.3, -0.25) is 4.68 Å². The molecule has 0 aliphatic rings. The molecule has 0 saturated heterocycles. The summed E-state index contributed by atoms with van der Waals surface area (Å²) >= 11 is 5.35. The van der Waals surface area contributed by atoms with Crippen molar-refractivity contribution in [2.75, 3.05) is 26.2 Å². The summed E-state index contributed by atoms with van der Waals surface area (Å²) in [6, 6.07) is 0.168. The fraction of sp³-hybridized carbons (Fsp3) is 0.733. The van der Waals surface area contributed by atoms with Crippen LogP contribution in [-0.2, 0) is 7.05 Å². The van der Waals surface area contributed by atoms with Gasteiger partial charge in [-0.2, -0.15) is 5.10 Å². The van der Waals surface area contributed by atoms with Crippen molar-refractivity contribution >= 4 is 17.3 Å². The molecule has 0 aliphatic heterocycles. The summed E-state index contributed by atoms with van der Waals surface area (Å²) in [6.45, 7) is 12.8. The van der Waals surface area contributed by atoms with Crippen molar-refractivity contribution in [1.82, 2.24) is 25.3 Å². The molecule has 6 heteroatoms. The summed E-state index contributed by atoms with van der Waals surface area (Å²) in [4.78, 5) is 2.42. The fourth-order valence-corrected chi connectivity index (χ4v) is 2.59. The maximum Gasteiger partial charge on any atom is 0.166 e. The lowest BCUT2D eigenvalue weighted by Gasteiger charge is -2.19. The number of nitrogens with zero attached hydrogens (tertiary/aromatic N) is 3. The molecule has 0 saturated carbocycles. The molecule has 0 radical (unpaired) electrons. The lowest BCUT2D eigenvalue weighted by atomic mass is 10.1. The Morgan fingerprint density at radius 1 is 1.43 bits per heavy atom. The van der Waals surface area contributed by atoms with Gasteiger partial charge in [0.2, 0.25) is 0 Å². The lowest BCUT2D eigenvalue weighted by molar-refractivity contribution is 0.300. The number of hydrogen-bond acceptors (Lipinski definition) is 3. The largest absolute Gasteiger partial charge is 0.363 e. The zero-order valence-corrected chi connectivity index (χ0v) is 14.8. The van der Waals surface area contributed by atoms with Crippen LogP contribution in [0.1, 0.15) is 44.5 Å². The highest BCUT2D eigenvalue weighted by Gasteiger charge is 2.12. The van der Waals surface area contributed by atoms with Crippen molar-refractivity contribution in [3.8, 4) is 0 Å². The SMILES string of the molecule is CCN(CC)CCCNC(=S)NC(C)c1cnn(C)c1C. The predicted octanol–water partition coefficient (Wildman–Crippen LogP) is 1.99. The minimum absolute atomic E-state index is 0.168. The Labute approximate surface area is 134 Å². The fourth-order valence-electron chi connectivity index (χ4n) is 2.31. The molecule has 1 heterocycles. The van der Waals surface area contributed by atoms with Crippen LogP contribution in [0.4, 0.5) is 0 Å². The second-order valence-electron chi connectivity index (χ2n) is 5.31. The standard InChI is InChI=1S/C15H29N5S/c1-6-20(7-2)10-8-9-16-15(21)18-12(3)14-11-17-19(5)13(14)4/h11-12H,6-10H2,1-5H3,(H2,16,18,21). The molecule has 5 nitrogen and oxygen atoms in total. The van der Waals surface area contributed by atoms with Crippen LogP contribution in [0.25, 0.3) is 0 Å². The van der Waals surface area contributed by atoms with Gasteiger partial charge in [0.1, 0.15) is 0 Å². The zero-order valence-electron chi connectivity index (χ0n) is 13.9. The van der Waals surface area contributed by atoms with E-state index in [1.54, 1.807) is 0 Å². The quantitative estimate of drug-likeness (QED) is 0.568. The van der Waals surface area contributed by atoms with Crippen molar-refractivity contribution in [1.29, 1.82) is 0 Å². The maximum absolute atomic E-state index is 5.35. The van der Waals surface area contributed by atoms with Crippen LogP contribution in [0.3, 0.4) is 0 Å². The molecule has 1 atom stereocenters. The normalized spacial score (nSPS) is 12.5. The minimum Gasteiger partial charge on any atom is -0.363 e. The van der Waals surface area contributed by atoms with Crippen LogP contribution in [0, 0.1) is 6.92 Å². The number of aryl methyl sites for hydroxylation is 1.